The van der Waals surface area contributed by atoms with E-state index in [-0.39, 0.29) is 30.2 Å². The quantitative estimate of drug-likeness (QED) is 0.486. The van der Waals surface area contributed by atoms with Crippen LogP contribution in [-0.2, 0) is 22.2 Å². The van der Waals surface area contributed by atoms with Gasteiger partial charge in [-0.3, -0.25) is 4.79 Å². The van der Waals surface area contributed by atoms with Gasteiger partial charge in [0.25, 0.3) is 0 Å². The maximum atomic E-state index is 13.7. The Morgan fingerprint density at radius 1 is 1.17 bits per heavy atom. The van der Waals surface area contributed by atoms with Gasteiger partial charge in [0.05, 0.1) is 18.2 Å². The van der Waals surface area contributed by atoms with Crippen molar-refractivity contribution in [1.29, 1.82) is 5.26 Å². The minimum Gasteiger partial charge on any atom is -0.390 e. The summed E-state index contributed by atoms with van der Waals surface area (Å²) in [6, 6.07) is 13.3. The van der Waals surface area contributed by atoms with Crippen LogP contribution in [0.15, 0.2) is 42.5 Å². The number of aliphatic hydroxyl groups is 1. The van der Waals surface area contributed by atoms with Gasteiger partial charge in [0.2, 0.25) is 5.91 Å². The molecule has 2 unspecified atom stereocenters. The zero-order chi connectivity index (χ0) is 26.5. The van der Waals surface area contributed by atoms with Gasteiger partial charge in [-0.1, -0.05) is 45.0 Å². The smallest absolute Gasteiger partial charge is 0.217 e. The number of halogens is 2. The Labute approximate surface area is 212 Å². The van der Waals surface area contributed by atoms with Gasteiger partial charge in [-0.05, 0) is 66.3 Å². The van der Waals surface area contributed by atoms with Crippen LogP contribution in [0.4, 0.5) is 8.78 Å². The Kier molecular flexibility index (Phi) is 8.86. The molecule has 7 heteroatoms. The van der Waals surface area contributed by atoms with Gasteiger partial charge in [0.1, 0.15) is 11.6 Å². The van der Waals surface area contributed by atoms with Crippen LogP contribution in [0.1, 0.15) is 70.1 Å². The molecule has 0 aliphatic heterocycles. The molecule has 2 aromatic carbocycles. The number of hydrogen-bond donors (Lipinski definition) is 3. The summed E-state index contributed by atoms with van der Waals surface area (Å²) in [7, 11) is 0. The number of hydrogen-bond acceptors (Lipinski definition) is 4. The highest BCUT2D eigenvalue weighted by atomic mass is 19.1. The summed E-state index contributed by atoms with van der Waals surface area (Å²) in [6.07, 6.45) is 2.06. The summed E-state index contributed by atoms with van der Waals surface area (Å²) in [4.78, 5) is 11.9. The topological polar surface area (TPSA) is 85.2 Å². The molecule has 1 saturated carbocycles. The van der Waals surface area contributed by atoms with Crippen molar-refractivity contribution in [2.45, 2.75) is 82.9 Å². The summed E-state index contributed by atoms with van der Waals surface area (Å²) in [5.41, 5.74) is 2.21. The third-order valence-electron chi connectivity index (χ3n) is 7.18. The van der Waals surface area contributed by atoms with Crippen molar-refractivity contribution in [3.05, 3.63) is 70.8 Å². The van der Waals surface area contributed by atoms with Crippen LogP contribution in [0.2, 0.25) is 0 Å². The largest absolute Gasteiger partial charge is 0.390 e. The fourth-order valence-corrected chi connectivity index (χ4v) is 5.06. The number of rotatable bonds is 8. The highest BCUT2D eigenvalue weighted by molar-refractivity contribution is 5.73. The molecule has 3 rings (SSSR count). The van der Waals surface area contributed by atoms with Crippen LogP contribution in [-0.4, -0.2) is 29.7 Å². The Hall–Kier alpha value is -2.82. The summed E-state index contributed by atoms with van der Waals surface area (Å²) in [5.74, 6) is -1.74. The first-order valence-electron chi connectivity index (χ1n) is 12.6. The predicted molar refractivity (Wildman–Crippen MR) is 136 cm³/mol. The van der Waals surface area contributed by atoms with Crippen molar-refractivity contribution in [2.75, 3.05) is 6.54 Å². The van der Waals surface area contributed by atoms with Gasteiger partial charge < -0.3 is 15.7 Å². The average molecular weight is 498 g/mol. The molecule has 5 nitrogen and oxygen atoms in total. The fraction of sp³-hybridized carbons (Fsp3) is 0.517. The molecule has 0 heterocycles. The van der Waals surface area contributed by atoms with E-state index in [1.54, 1.807) is 0 Å². The number of nitriles is 1. The molecule has 36 heavy (non-hydrogen) atoms. The Balaban J connectivity index is 1.84. The molecular weight excluding hydrogens is 460 g/mol. The number of nitrogens with one attached hydrogen (secondary N) is 2. The summed E-state index contributed by atoms with van der Waals surface area (Å²) in [5, 5.41) is 26.9. The molecule has 0 radical (unpaired) electrons. The van der Waals surface area contributed by atoms with E-state index in [2.05, 4.69) is 55.7 Å². The lowest BCUT2D eigenvalue weighted by atomic mass is 9.71. The van der Waals surface area contributed by atoms with E-state index in [1.807, 2.05) is 6.07 Å². The standard InChI is InChI=1S/C29H37F2N3O2/c1-19(35)34-26(14-21-12-24(30)16-25(31)13-21)27(36)18-33-29(10-8-20(17-32)9-11-29)23-7-5-6-22(15-23)28(2,3)4/h5-7,12-13,15-16,20,26-27,33,36H,8-11,14,18H2,1-4H3,(H,34,35). The lowest BCUT2D eigenvalue weighted by Crippen LogP contribution is -2.53. The normalized spacial score (nSPS) is 21.9. The molecule has 0 aromatic heterocycles. The van der Waals surface area contributed by atoms with E-state index in [9.17, 15) is 23.9 Å². The van der Waals surface area contributed by atoms with Crippen molar-refractivity contribution in [3.63, 3.8) is 0 Å². The lowest BCUT2D eigenvalue weighted by molar-refractivity contribution is -0.120. The van der Waals surface area contributed by atoms with Crippen molar-refractivity contribution in [1.82, 2.24) is 10.6 Å². The predicted octanol–water partition coefficient (Wildman–Crippen LogP) is 4.87. The van der Waals surface area contributed by atoms with Crippen molar-refractivity contribution in [3.8, 4) is 6.07 Å². The van der Waals surface area contributed by atoms with Gasteiger partial charge in [-0.15, -0.1) is 0 Å². The van der Waals surface area contributed by atoms with Gasteiger partial charge >= 0.3 is 0 Å². The zero-order valence-electron chi connectivity index (χ0n) is 21.6. The van der Waals surface area contributed by atoms with Crippen LogP contribution >= 0.6 is 0 Å². The zero-order valence-corrected chi connectivity index (χ0v) is 21.6. The number of carbonyl (C=O) groups excluding carboxylic acids is 1. The van der Waals surface area contributed by atoms with Crippen LogP contribution in [0.3, 0.4) is 0 Å². The van der Waals surface area contributed by atoms with Crippen LogP contribution in [0.25, 0.3) is 0 Å². The third-order valence-corrected chi connectivity index (χ3v) is 7.18. The molecule has 0 bridgehead atoms. The molecule has 1 fully saturated rings. The van der Waals surface area contributed by atoms with Gasteiger partial charge in [0.15, 0.2) is 0 Å². The number of nitrogens with zero attached hydrogens (tertiary/aromatic N) is 1. The number of carbonyl (C=O) groups is 1. The minimum atomic E-state index is -1.00. The molecule has 194 valence electrons. The van der Waals surface area contributed by atoms with E-state index in [0.717, 1.165) is 37.3 Å². The van der Waals surface area contributed by atoms with E-state index in [1.165, 1.54) is 24.6 Å². The van der Waals surface area contributed by atoms with Gasteiger partial charge in [-0.25, -0.2) is 8.78 Å². The van der Waals surface area contributed by atoms with Crippen molar-refractivity contribution in [2.24, 2.45) is 5.92 Å². The van der Waals surface area contributed by atoms with Gasteiger partial charge in [0, 0.05) is 31.0 Å². The first-order valence-corrected chi connectivity index (χ1v) is 12.6. The van der Waals surface area contributed by atoms with Crippen molar-refractivity contribution >= 4 is 5.91 Å². The second kappa shape index (κ2) is 11.5. The molecular formula is C29H37F2N3O2. The molecule has 2 aromatic rings. The second-order valence-electron chi connectivity index (χ2n) is 11.1. The molecule has 2 atom stereocenters. The van der Waals surface area contributed by atoms with E-state index in [4.69, 9.17) is 0 Å². The number of benzene rings is 2. The third kappa shape index (κ3) is 7.11. The van der Waals surface area contributed by atoms with E-state index >= 15 is 0 Å². The molecule has 3 N–H and O–H groups in total. The van der Waals surface area contributed by atoms with E-state index in [0.29, 0.717) is 5.56 Å². The highest BCUT2D eigenvalue weighted by Gasteiger charge is 2.38. The molecule has 1 amide bonds. The van der Waals surface area contributed by atoms with Crippen molar-refractivity contribution < 1.29 is 18.7 Å². The molecule has 0 saturated heterocycles. The lowest BCUT2D eigenvalue weighted by Gasteiger charge is -2.42. The first-order chi connectivity index (χ1) is 16.9. The van der Waals surface area contributed by atoms with E-state index < -0.39 is 29.3 Å². The summed E-state index contributed by atoms with van der Waals surface area (Å²) < 4.78 is 27.4. The molecule has 1 aliphatic carbocycles. The fourth-order valence-electron chi connectivity index (χ4n) is 5.06. The van der Waals surface area contributed by atoms with Crippen LogP contribution in [0.5, 0.6) is 0 Å². The number of amides is 1. The minimum absolute atomic E-state index is 0.00523. The molecule has 1 aliphatic rings. The molecule has 0 spiro atoms. The maximum Gasteiger partial charge on any atom is 0.217 e. The maximum absolute atomic E-state index is 13.7. The Morgan fingerprint density at radius 2 is 1.81 bits per heavy atom. The van der Waals surface area contributed by atoms with Gasteiger partial charge in [-0.2, -0.15) is 5.26 Å². The Bertz CT molecular complexity index is 1080. The second-order valence-corrected chi connectivity index (χ2v) is 11.1. The first kappa shape index (κ1) is 27.8. The summed E-state index contributed by atoms with van der Waals surface area (Å²) in [6.45, 7) is 8.00. The van der Waals surface area contributed by atoms with Crippen LogP contribution < -0.4 is 10.6 Å². The average Bonchev–Trinajstić information content (AvgIpc) is 2.81. The van der Waals surface area contributed by atoms with Crippen LogP contribution in [0, 0.1) is 28.9 Å². The number of aliphatic hydroxyl groups excluding tert-OH is 1. The Morgan fingerprint density at radius 3 is 2.36 bits per heavy atom. The monoisotopic (exact) mass is 497 g/mol. The SMILES string of the molecule is CC(=O)NC(Cc1cc(F)cc(F)c1)C(O)CNC1(c2cccc(C(C)(C)C)c2)CCC(C#N)CC1. The highest BCUT2D eigenvalue weighted by Crippen LogP contribution is 2.40. The summed E-state index contributed by atoms with van der Waals surface area (Å²) >= 11 is 0.